The molecule has 0 amide bonds. The van der Waals surface area contributed by atoms with E-state index in [1.807, 2.05) is 24.3 Å². The molecule has 0 atom stereocenters. The first-order chi connectivity index (χ1) is 14.0. The van der Waals surface area contributed by atoms with Gasteiger partial charge in [0.15, 0.2) is 5.70 Å². The average Bonchev–Trinajstić information content (AvgIpc) is 3.07. The van der Waals surface area contributed by atoms with Crippen molar-refractivity contribution in [2.75, 3.05) is 6.61 Å². The number of rotatable bonds is 8. The first kappa shape index (κ1) is 20.0. The van der Waals surface area contributed by atoms with Crippen molar-refractivity contribution in [1.29, 1.82) is 0 Å². The zero-order valence-electron chi connectivity index (χ0n) is 15.9. The number of aliphatic imine (C=N–C) groups is 1. The summed E-state index contributed by atoms with van der Waals surface area (Å²) in [5.41, 5.74) is 1.75. The van der Waals surface area contributed by atoms with Gasteiger partial charge >= 0.3 is 5.97 Å². The van der Waals surface area contributed by atoms with Crippen LogP contribution in [0.1, 0.15) is 30.9 Å². The molecule has 1 aliphatic heterocycles. The molecule has 1 heterocycles. The third-order valence-corrected chi connectivity index (χ3v) is 4.11. The van der Waals surface area contributed by atoms with E-state index in [4.69, 9.17) is 9.47 Å². The summed E-state index contributed by atoms with van der Waals surface area (Å²) in [4.78, 5) is 26.4. The van der Waals surface area contributed by atoms with E-state index in [1.54, 1.807) is 30.4 Å². The van der Waals surface area contributed by atoms with Gasteiger partial charge in [-0.1, -0.05) is 25.5 Å². The van der Waals surface area contributed by atoms with Gasteiger partial charge in [-0.2, -0.15) is 0 Å². The Hall–Kier alpha value is -3.74. The largest absolute Gasteiger partial charge is 0.494 e. The molecule has 0 radical (unpaired) electrons. The van der Waals surface area contributed by atoms with E-state index in [1.165, 1.54) is 12.1 Å². The molecule has 0 fully saturated rings. The fraction of sp³-hybridized carbons (Fsp3) is 0.182. The minimum Gasteiger partial charge on any atom is -0.494 e. The van der Waals surface area contributed by atoms with Crippen LogP contribution < -0.4 is 4.74 Å². The summed E-state index contributed by atoms with van der Waals surface area (Å²) in [5.74, 6) is 0.417. The number of hydrogen-bond acceptors (Lipinski definition) is 6. The van der Waals surface area contributed by atoms with Gasteiger partial charge < -0.3 is 9.47 Å². The molecule has 0 bridgehead atoms. The van der Waals surface area contributed by atoms with E-state index in [2.05, 4.69) is 11.9 Å². The van der Waals surface area contributed by atoms with Crippen molar-refractivity contribution in [2.24, 2.45) is 4.99 Å². The number of nitro groups is 1. The Morgan fingerprint density at radius 1 is 1.07 bits per heavy atom. The molecular weight excluding hydrogens is 372 g/mol. The van der Waals surface area contributed by atoms with Gasteiger partial charge in [0.05, 0.1) is 11.5 Å². The lowest BCUT2D eigenvalue weighted by molar-refractivity contribution is -0.384. The minimum atomic E-state index is -0.531. The van der Waals surface area contributed by atoms with E-state index in [-0.39, 0.29) is 17.3 Å². The maximum Gasteiger partial charge on any atom is 0.363 e. The number of carbonyl (C=O) groups excluding carboxylic acids is 1. The van der Waals surface area contributed by atoms with Crippen molar-refractivity contribution in [1.82, 2.24) is 0 Å². The normalized spacial score (nSPS) is 14.9. The van der Waals surface area contributed by atoms with Crippen molar-refractivity contribution < 1.29 is 19.2 Å². The van der Waals surface area contributed by atoms with Gasteiger partial charge in [-0.25, -0.2) is 9.79 Å². The van der Waals surface area contributed by atoms with Crippen molar-refractivity contribution >= 4 is 29.7 Å². The highest BCUT2D eigenvalue weighted by Gasteiger charge is 2.21. The molecule has 0 N–H and O–H groups in total. The Balaban J connectivity index is 1.66. The molecule has 7 nitrogen and oxygen atoms in total. The van der Waals surface area contributed by atoms with Crippen LogP contribution in [0.5, 0.6) is 5.75 Å². The fourth-order valence-corrected chi connectivity index (χ4v) is 2.52. The first-order valence-electron chi connectivity index (χ1n) is 9.23. The third kappa shape index (κ3) is 5.62. The van der Waals surface area contributed by atoms with Crippen LogP contribution in [0.25, 0.3) is 12.2 Å². The van der Waals surface area contributed by atoms with Gasteiger partial charge in [-0.15, -0.1) is 0 Å². The standard InChI is InChI=1S/C22H20N2O5/c1-2-3-14-28-19-11-6-17(7-12-19)15-20-22(25)29-21(23-20)13-8-16-4-9-18(10-5-16)24(26)27/h4-13,15H,2-3,14H2,1H3. The molecule has 3 rings (SSSR count). The second kappa shape index (κ2) is 9.45. The van der Waals surface area contributed by atoms with Crippen LogP contribution in [0.3, 0.4) is 0 Å². The number of non-ortho nitro benzene ring substituents is 1. The highest BCUT2D eigenvalue weighted by Crippen LogP contribution is 2.19. The van der Waals surface area contributed by atoms with E-state index < -0.39 is 10.9 Å². The predicted molar refractivity (Wildman–Crippen MR) is 110 cm³/mol. The van der Waals surface area contributed by atoms with E-state index in [0.717, 1.165) is 29.7 Å². The summed E-state index contributed by atoms with van der Waals surface area (Å²) in [6.07, 6.45) is 6.93. The van der Waals surface area contributed by atoms with Gasteiger partial charge in [-0.05, 0) is 54.0 Å². The van der Waals surface area contributed by atoms with Crippen molar-refractivity contribution in [3.05, 3.63) is 81.5 Å². The molecule has 0 saturated carbocycles. The van der Waals surface area contributed by atoms with E-state index in [0.29, 0.717) is 6.61 Å². The predicted octanol–water partition coefficient (Wildman–Crippen LogP) is 4.78. The number of carbonyl (C=O) groups is 1. The SMILES string of the molecule is CCCCOc1ccc(C=C2N=C(C=Cc3ccc([N+](=O)[O-])cc3)OC2=O)cc1. The van der Waals surface area contributed by atoms with Crippen molar-refractivity contribution in [3.8, 4) is 5.75 Å². The van der Waals surface area contributed by atoms with Crippen LogP contribution in [0, 0.1) is 10.1 Å². The molecular formula is C22H20N2O5. The van der Waals surface area contributed by atoms with Crippen LogP contribution in [0.15, 0.2) is 65.3 Å². The van der Waals surface area contributed by atoms with Crippen LogP contribution >= 0.6 is 0 Å². The smallest absolute Gasteiger partial charge is 0.363 e. The lowest BCUT2D eigenvalue weighted by Gasteiger charge is -2.05. The van der Waals surface area contributed by atoms with Crippen molar-refractivity contribution in [3.63, 3.8) is 0 Å². The fourth-order valence-electron chi connectivity index (χ4n) is 2.52. The molecule has 2 aromatic carbocycles. The van der Waals surface area contributed by atoms with Gasteiger partial charge in [0, 0.05) is 18.2 Å². The summed E-state index contributed by atoms with van der Waals surface area (Å²) in [7, 11) is 0. The van der Waals surface area contributed by atoms with Crippen LogP contribution in [-0.2, 0) is 9.53 Å². The number of nitrogens with zero attached hydrogens (tertiary/aromatic N) is 2. The third-order valence-electron chi connectivity index (χ3n) is 4.11. The maximum atomic E-state index is 12.0. The number of hydrogen-bond donors (Lipinski definition) is 0. The monoisotopic (exact) mass is 392 g/mol. The number of benzene rings is 2. The Bertz CT molecular complexity index is 973. The molecule has 0 aromatic heterocycles. The Labute approximate surface area is 168 Å². The molecule has 29 heavy (non-hydrogen) atoms. The van der Waals surface area contributed by atoms with Gasteiger partial charge in [0.1, 0.15) is 5.75 Å². The van der Waals surface area contributed by atoms with Crippen LogP contribution in [-0.4, -0.2) is 23.4 Å². The van der Waals surface area contributed by atoms with E-state index in [9.17, 15) is 14.9 Å². The maximum absolute atomic E-state index is 12.0. The van der Waals surface area contributed by atoms with Gasteiger partial charge in [0.25, 0.3) is 5.69 Å². The Morgan fingerprint density at radius 2 is 1.76 bits per heavy atom. The Morgan fingerprint density at radius 3 is 2.41 bits per heavy atom. The molecule has 148 valence electrons. The highest BCUT2D eigenvalue weighted by atomic mass is 16.6. The zero-order valence-corrected chi connectivity index (χ0v) is 15.9. The average molecular weight is 392 g/mol. The number of unbranched alkanes of at least 4 members (excludes halogenated alkanes) is 1. The summed E-state index contributed by atoms with van der Waals surface area (Å²) >= 11 is 0. The lowest BCUT2D eigenvalue weighted by atomic mass is 10.2. The topological polar surface area (TPSA) is 91.0 Å². The molecule has 0 saturated heterocycles. The molecule has 7 heteroatoms. The van der Waals surface area contributed by atoms with Gasteiger partial charge in [-0.3, -0.25) is 10.1 Å². The van der Waals surface area contributed by atoms with Gasteiger partial charge in [0.2, 0.25) is 5.90 Å². The molecule has 0 unspecified atom stereocenters. The highest BCUT2D eigenvalue weighted by molar-refractivity contribution is 6.11. The van der Waals surface area contributed by atoms with Crippen LogP contribution in [0.2, 0.25) is 0 Å². The summed E-state index contributed by atoms with van der Waals surface area (Å²) in [6, 6.07) is 13.4. The number of esters is 1. The molecule has 0 aliphatic carbocycles. The first-order valence-corrected chi connectivity index (χ1v) is 9.23. The zero-order chi connectivity index (χ0) is 20.6. The summed E-state index contributed by atoms with van der Waals surface area (Å²) in [5, 5.41) is 10.7. The number of cyclic esters (lactones) is 1. The quantitative estimate of drug-likeness (QED) is 0.212. The lowest BCUT2D eigenvalue weighted by Crippen LogP contribution is -2.01. The van der Waals surface area contributed by atoms with Crippen molar-refractivity contribution in [2.45, 2.75) is 19.8 Å². The van der Waals surface area contributed by atoms with Crippen LogP contribution in [0.4, 0.5) is 5.69 Å². The second-order valence-corrected chi connectivity index (χ2v) is 6.32. The second-order valence-electron chi connectivity index (χ2n) is 6.32. The number of nitro benzene ring substituents is 1. The van der Waals surface area contributed by atoms with E-state index >= 15 is 0 Å². The summed E-state index contributed by atoms with van der Waals surface area (Å²) < 4.78 is 10.8. The molecule has 2 aromatic rings. The summed E-state index contributed by atoms with van der Waals surface area (Å²) in [6.45, 7) is 2.78. The Kier molecular flexibility index (Phi) is 6.52. The minimum absolute atomic E-state index is 0.0128. The molecule has 1 aliphatic rings. The molecule has 0 spiro atoms. The number of ether oxygens (including phenoxy) is 2.